The van der Waals surface area contributed by atoms with Crippen LogP contribution in [0, 0.1) is 0 Å². The average molecular weight is 327 g/mol. The van der Waals surface area contributed by atoms with E-state index in [2.05, 4.69) is 30.6 Å². The maximum absolute atomic E-state index is 5.97. The molecule has 0 spiro atoms. The first-order valence-electron chi connectivity index (χ1n) is 8.68. The minimum atomic E-state index is 0.0464. The van der Waals surface area contributed by atoms with Gasteiger partial charge in [-0.05, 0) is 30.2 Å². The normalized spacial score (nSPS) is 11.1. The van der Waals surface area contributed by atoms with Gasteiger partial charge < -0.3 is 9.47 Å². The second kappa shape index (κ2) is 12.3. The van der Waals surface area contributed by atoms with Gasteiger partial charge >= 0.3 is 0 Å². The van der Waals surface area contributed by atoms with Crippen LogP contribution >= 0.6 is 0 Å². The molecule has 2 rings (SSSR count). The molecule has 0 radical (unpaired) electrons. The van der Waals surface area contributed by atoms with Crippen LogP contribution in [-0.4, -0.2) is 17.7 Å². The van der Waals surface area contributed by atoms with E-state index in [1.807, 2.05) is 44.2 Å². The van der Waals surface area contributed by atoms with Crippen LogP contribution in [0.1, 0.15) is 44.9 Å². The molecule has 130 valence electrons. The molecule has 0 aliphatic rings. The molecule has 1 unspecified atom stereocenters. The van der Waals surface area contributed by atoms with E-state index in [-0.39, 0.29) is 6.10 Å². The summed E-state index contributed by atoms with van der Waals surface area (Å²) in [7, 11) is 0. The van der Waals surface area contributed by atoms with Gasteiger partial charge in [0, 0.05) is 0 Å². The molecule has 24 heavy (non-hydrogen) atoms. The number of nitrogens with zero attached hydrogens (tertiary/aromatic N) is 1. The van der Waals surface area contributed by atoms with Crippen molar-refractivity contribution < 1.29 is 9.47 Å². The van der Waals surface area contributed by atoms with Crippen LogP contribution in [0.4, 0.5) is 0 Å². The largest absolute Gasteiger partial charge is 0.486 e. The summed E-state index contributed by atoms with van der Waals surface area (Å²) in [5.41, 5.74) is 2.02. The maximum Gasteiger partial charge on any atom is 0.138 e. The van der Waals surface area contributed by atoms with E-state index >= 15 is 0 Å². The third-order valence-corrected chi connectivity index (χ3v) is 3.30. The first kappa shape index (κ1) is 19.9. The minimum absolute atomic E-state index is 0.0464. The molecular weight excluding hydrogens is 298 g/mol. The van der Waals surface area contributed by atoms with Crippen molar-refractivity contribution in [2.45, 2.75) is 46.3 Å². The van der Waals surface area contributed by atoms with Gasteiger partial charge in [0.2, 0.25) is 0 Å². The standard InChI is InChI=1S/C19H23NO2.C2H6/c1-3-8-19(15-21-14-16-9-6-5-7-10-16)22-18-12-11-17(4-2)20-13-18;1-2/h4-7,9-13,19H,2-3,8,14-15H2,1H3;1-2H3. The molecule has 0 N–H and O–H groups in total. The van der Waals surface area contributed by atoms with Crippen LogP contribution < -0.4 is 4.74 Å². The summed E-state index contributed by atoms with van der Waals surface area (Å²) in [6.45, 7) is 11.0. The van der Waals surface area contributed by atoms with Crippen molar-refractivity contribution in [3.8, 4) is 5.75 Å². The van der Waals surface area contributed by atoms with Crippen LogP contribution in [0.3, 0.4) is 0 Å². The lowest BCUT2D eigenvalue weighted by atomic mass is 10.2. The van der Waals surface area contributed by atoms with Crippen molar-refractivity contribution in [3.63, 3.8) is 0 Å². The fourth-order valence-corrected chi connectivity index (χ4v) is 2.16. The SMILES string of the molecule is C=Cc1ccc(OC(CCC)COCc2ccccc2)cn1.CC. The molecule has 0 aliphatic heterocycles. The Balaban J connectivity index is 0.00000139. The topological polar surface area (TPSA) is 31.4 Å². The summed E-state index contributed by atoms with van der Waals surface area (Å²) in [5, 5.41) is 0. The van der Waals surface area contributed by atoms with Crippen LogP contribution in [0.25, 0.3) is 6.08 Å². The van der Waals surface area contributed by atoms with E-state index in [0.29, 0.717) is 13.2 Å². The Bertz CT molecular complexity index is 552. The molecule has 0 saturated heterocycles. The summed E-state index contributed by atoms with van der Waals surface area (Å²) in [5.74, 6) is 0.771. The highest BCUT2D eigenvalue weighted by atomic mass is 16.5. The highest BCUT2D eigenvalue weighted by Crippen LogP contribution is 2.15. The lowest BCUT2D eigenvalue weighted by molar-refractivity contribution is 0.0368. The van der Waals surface area contributed by atoms with Gasteiger partial charge in [0.25, 0.3) is 0 Å². The van der Waals surface area contributed by atoms with Crippen LogP contribution in [0.2, 0.25) is 0 Å². The van der Waals surface area contributed by atoms with E-state index in [1.54, 1.807) is 12.3 Å². The monoisotopic (exact) mass is 327 g/mol. The fourth-order valence-electron chi connectivity index (χ4n) is 2.16. The third-order valence-electron chi connectivity index (χ3n) is 3.30. The van der Waals surface area contributed by atoms with Gasteiger partial charge in [-0.3, -0.25) is 4.98 Å². The van der Waals surface area contributed by atoms with Gasteiger partial charge in [-0.1, -0.05) is 64.1 Å². The molecule has 3 heteroatoms. The van der Waals surface area contributed by atoms with Crippen LogP contribution in [-0.2, 0) is 11.3 Å². The molecule has 2 aromatic rings. The van der Waals surface area contributed by atoms with Gasteiger partial charge in [-0.15, -0.1) is 0 Å². The van der Waals surface area contributed by atoms with E-state index in [4.69, 9.17) is 9.47 Å². The molecule has 0 amide bonds. The molecule has 1 aromatic heterocycles. The molecular formula is C21H29NO2. The van der Waals surface area contributed by atoms with Crippen molar-refractivity contribution in [1.82, 2.24) is 4.98 Å². The molecule has 0 saturated carbocycles. The molecule has 1 atom stereocenters. The molecule has 0 bridgehead atoms. The predicted octanol–water partition coefficient (Wildman–Crippen LogP) is 5.52. The summed E-state index contributed by atoms with van der Waals surface area (Å²) in [6, 6.07) is 14.0. The minimum Gasteiger partial charge on any atom is -0.486 e. The zero-order chi connectivity index (χ0) is 17.6. The smallest absolute Gasteiger partial charge is 0.138 e. The number of hydrogen-bond acceptors (Lipinski definition) is 3. The van der Waals surface area contributed by atoms with Gasteiger partial charge in [0.15, 0.2) is 0 Å². The van der Waals surface area contributed by atoms with Crippen LogP contribution in [0.5, 0.6) is 5.75 Å². The summed E-state index contributed by atoms with van der Waals surface area (Å²) < 4.78 is 11.8. The van der Waals surface area contributed by atoms with Crippen molar-refractivity contribution >= 4 is 6.08 Å². The van der Waals surface area contributed by atoms with Crippen LogP contribution in [0.15, 0.2) is 55.2 Å². The predicted molar refractivity (Wildman–Crippen MR) is 101 cm³/mol. The van der Waals surface area contributed by atoms with E-state index in [0.717, 1.165) is 24.3 Å². The highest BCUT2D eigenvalue weighted by Gasteiger charge is 2.10. The molecule has 0 aliphatic carbocycles. The quantitative estimate of drug-likeness (QED) is 0.608. The fraction of sp³-hybridized carbons (Fsp3) is 0.381. The Morgan fingerprint density at radius 2 is 1.88 bits per heavy atom. The number of rotatable bonds is 9. The number of aromatic nitrogens is 1. The highest BCUT2D eigenvalue weighted by molar-refractivity contribution is 5.42. The average Bonchev–Trinajstić information content (AvgIpc) is 2.65. The van der Waals surface area contributed by atoms with E-state index in [1.165, 1.54) is 5.56 Å². The lowest BCUT2D eigenvalue weighted by Crippen LogP contribution is -2.23. The Labute approximate surface area is 146 Å². The van der Waals surface area contributed by atoms with E-state index in [9.17, 15) is 0 Å². The first-order chi connectivity index (χ1) is 11.8. The van der Waals surface area contributed by atoms with Crippen molar-refractivity contribution in [1.29, 1.82) is 0 Å². The number of hydrogen-bond donors (Lipinski definition) is 0. The second-order valence-corrected chi connectivity index (χ2v) is 5.15. The second-order valence-electron chi connectivity index (χ2n) is 5.15. The van der Waals surface area contributed by atoms with E-state index < -0.39 is 0 Å². The number of pyridine rings is 1. The zero-order valence-corrected chi connectivity index (χ0v) is 15.1. The maximum atomic E-state index is 5.97. The molecule has 1 heterocycles. The molecule has 0 fully saturated rings. The summed E-state index contributed by atoms with van der Waals surface area (Å²) in [4.78, 5) is 4.25. The van der Waals surface area contributed by atoms with Gasteiger partial charge in [-0.25, -0.2) is 0 Å². The number of benzene rings is 1. The number of ether oxygens (including phenoxy) is 2. The molecule has 1 aromatic carbocycles. The third kappa shape index (κ3) is 7.42. The Kier molecular flexibility index (Phi) is 10.2. The first-order valence-corrected chi connectivity index (χ1v) is 8.68. The van der Waals surface area contributed by atoms with Gasteiger partial charge in [0.1, 0.15) is 11.9 Å². The Morgan fingerprint density at radius 1 is 1.12 bits per heavy atom. The van der Waals surface area contributed by atoms with Crippen molar-refractivity contribution in [2.24, 2.45) is 0 Å². The lowest BCUT2D eigenvalue weighted by Gasteiger charge is -2.18. The van der Waals surface area contributed by atoms with Gasteiger partial charge in [0.05, 0.1) is 25.1 Å². The summed E-state index contributed by atoms with van der Waals surface area (Å²) in [6.07, 6.45) is 5.51. The molecule has 3 nitrogen and oxygen atoms in total. The Morgan fingerprint density at radius 3 is 2.46 bits per heavy atom. The van der Waals surface area contributed by atoms with Crippen molar-refractivity contribution in [3.05, 3.63) is 66.5 Å². The van der Waals surface area contributed by atoms with Gasteiger partial charge in [-0.2, -0.15) is 0 Å². The zero-order valence-electron chi connectivity index (χ0n) is 15.1. The summed E-state index contributed by atoms with van der Waals surface area (Å²) >= 11 is 0. The Hall–Kier alpha value is -2.13. The van der Waals surface area contributed by atoms with Crippen molar-refractivity contribution in [2.75, 3.05) is 6.61 Å².